The van der Waals surface area contributed by atoms with E-state index in [0.29, 0.717) is 0 Å². The van der Waals surface area contributed by atoms with Crippen molar-refractivity contribution in [2.75, 3.05) is 23.4 Å². The Morgan fingerprint density at radius 3 is 2.45 bits per heavy atom. The van der Waals surface area contributed by atoms with Crippen LogP contribution in [0.3, 0.4) is 0 Å². The summed E-state index contributed by atoms with van der Waals surface area (Å²) in [7, 11) is 0. The minimum atomic E-state index is -0.0761. The van der Waals surface area contributed by atoms with Crippen LogP contribution in [-0.2, 0) is 4.79 Å². The molecule has 0 aromatic heterocycles. The molecule has 0 radical (unpaired) electrons. The van der Waals surface area contributed by atoms with Crippen LogP contribution < -0.4 is 10.6 Å². The predicted octanol–water partition coefficient (Wildman–Crippen LogP) is 4.22. The maximum Gasteiger partial charge on any atom is 0.243 e. The molecule has 20 heavy (non-hydrogen) atoms. The maximum absolute atomic E-state index is 11.9. The summed E-state index contributed by atoms with van der Waals surface area (Å²) in [5.74, 6) is -0.0761. The normalized spacial score (nSPS) is 10.1. The van der Waals surface area contributed by atoms with Crippen molar-refractivity contribution < 1.29 is 4.79 Å². The summed E-state index contributed by atoms with van der Waals surface area (Å²) < 4.78 is 0.873. The Morgan fingerprint density at radius 1 is 1.10 bits per heavy atom. The van der Waals surface area contributed by atoms with Gasteiger partial charge in [-0.15, -0.1) is 11.8 Å². The number of rotatable bonds is 5. The Labute approximate surface area is 131 Å². The Balaban J connectivity index is 1.94. The summed E-state index contributed by atoms with van der Waals surface area (Å²) in [5.41, 5.74) is 1.75. The van der Waals surface area contributed by atoms with Gasteiger partial charge in [-0.2, -0.15) is 0 Å². The molecule has 0 aliphatic carbocycles. The first kappa shape index (κ1) is 14.9. The van der Waals surface area contributed by atoms with Crippen LogP contribution in [0.1, 0.15) is 0 Å². The number of nitrogens with one attached hydrogen (secondary N) is 2. The third-order valence-corrected chi connectivity index (χ3v) is 4.18. The molecule has 5 heteroatoms. The molecule has 2 rings (SSSR count). The highest BCUT2D eigenvalue weighted by Crippen LogP contribution is 2.24. The minimum Gasteiger partial charge on any atom is -0.375 e. The van der Waals surface area contributed by atoms with Gasteiger partial charge in [0.1, 0.15) is 0 Å². The largest absolute Gasteiger partial charge is 0.375 e. The first-order valence-electron chi connectivity index (χ1n) is 6.12. The molecule has 104 valence electrons. The van der Waals surface area contributed by atoms with E-state index >= 15 is 0 Å². The zero-order valence-corrected chi connectivity index (χ0v) is 13.4. The molecule has 3 nitrogen and oxygen atoms in total. The van der Waals surface area contributed by atoms with Crippen molar-refractivity contribution in [3.8, 4) is 0 Å². The molecule has 0 atom stereocenters. The summed E-state index contributed by atoms with van der Waals surface area (Å²) in [4.78, 5) is 13.1. The summed E-state index contributed by atoms with van der Waals surface area (Å²) in [6.07, 6.45) is 2.02. The number of benzene rings is 2. The molecule has 2 N–H and O–H groups in total. The smallest absolute Gasteiger partial charge is 0.243 e. The van der Waals surface area contributed by atoms with Crippen molar-refractivity contribution in [2.24, 2.45) is 0 Å². The van der Waals surface area contributed by atoms with Gasteiger partial charge in [-0.3, -0.25) is 4.79 Å². The van der Waals surface area contributed by atoms with Crippen LogP contribution in [0.15, 0.2) is 57.9 Å². The van der Waals surface area contributed by atoms with Crippen LogP contribution in [0.5, 0.6) is 0 Å². The molecule has 2 aromatic carbocycles. The zero-order valence-electron chi connectivity index (χ0n) is 11.0. The summed E-state index contributed by atoms with van der Waals surface area (Å²) in [5, 5.41) is 6.02. The van der Waals surface area contributed by atoms with Gasteiger partial charge in [0.2, 0.25) is 5.91 Å². The van der Waals surface area contributed by atoms with Gasteiger partial charge in [0.15, 0.2) is 0 Å². The Bertz CT molecular complexity index is 604. The van der Waals surface area contributed by atoms with Gasteiger partial charge < -0.3 is 10.6 Å². The Morgan fingerprint density at radius 2 is 1.75 bits per heavy atom. The van der Waals surface area contributed by atoms with Crippen LogP contribution in [0.25, 0.3) is 0 Å². The quantitative estimate of drug-likeness (QED) is 0.793. The number of carbonyl (C=O) groups is 1. The van der Waals surface area contributed by atoms with E-state index in [-0.39, 0.29) is 12.5 Å². The number of para-hydroxylation sites is 2. The maximum atomic E-state index is 11.9. The van der Waals surface area contributed by atoms with Gasteiger partial charge >= 0.3 is 0 Å². The van der Waals surface area contributed by atoms with Crippen LogP contribution in [-0.4, -0.2) is 18.7 Å². The molecule has 0 aliphatic rings. The highest BCUT2D eigenvalue weighted by Gasteiger charge is 2.06. The van der Waals surface area contributed by atoms with Gasteiger partial charge in [-0.05, 0) is 46.5 Å². The lowest BCUT2D eigenvalue weighted by molar-refractivity contribution is -0.114. The number of halogens is 1. The molecule has 0 unspecified atom stereocenters. The SMILES string of the molecule is CSc1ccccc1NCC(=O)Nc1ccccc1Br. The fraction of sp³-hybridized carbons (Fsp3) is 0.133. The first-order valence-corrected chi connectivity index (χ1v) is 8.14. The Hall–Kier alpha value is -1.46. The van der Waals surface area contributed by atoms with E-state index in [1.807, 2.05) is 54.8 Å². The fourth-order valence-electron chi connectivity index (χ4n) is 1.72. The molecule has 0 bridgehead atoms. The average Bonchev–Trinajstić information content (AvgIpc) is 2.48. The lowest BCUT2D eigenvalue weighted by Gasteiger charge is -2.11. The van der Waals surface area contributed by atoms with Crippen LogP contribution in [0.4, 0.5) is 11.4 Å². The second kappa shape index (κ2) is 7.36. The van der Waals surface area contributed by atoms with Crippen molar-refractivity contribution in [3.63, 3.8) is 0 Å². The topological polar surface area (TPSA) is 41.1 Å². The molecule has 0 heterocycles. The second-order valence-electron chi connectivity index (χ2n) is 4.08. The fourth-order valence-corrected chi connectivity index (χ4v) is 2.68. The number of hydrogen-bond acceptors (Lipinski definition) is 3. The minimum absolute atomic E-state index is 0.0761. The van der Waals surface area contributed by atoms with Crippen molar-refractivity contribution in [1.82, 2.24) is 0 Å². The van der Waals surface area contributed by atoms with E-state index in [4.69, 9.17) is 0 Å². The summed E-state index contributed by atoms with van der Waals surface area (Å²) in [6.45, 7) is 0.235. The Kier molecular flexibility index (Phi) is 5.49. The molecule has 0 fully saturated rings. The third kappa shape index (κ3) is 4.02. The third-order valence-electron chi connectivity index (χ3n) is 2.69. The zero-order chi connectivity index (χ0) is 14.4. The van der Waals surface area contributed by atoms with Gasteiger partial charge in [-0.1, -0.05) is 24.3 Å². The van der Waals surface area contributed by atoms with E-state index in [1.165, 1.54) is 0 Å². The van der Waals surface area contributed by atoms with Crippen LogP contribution in [0, 0.1) is 0 Å². The highest BCUT2D eigenvalue weighted by atomic mass is 79.9. The van der Waals surface area contributed by atoms with Gasteiger partial charge in [0.25, 0.3) is 0 Å². The first-order chi connectivity index (χ1) is 9.70. The average molecular weight is 351 g/mol. The predicted molar refractivity (Wildman–Crippen MR) is 89.5 cm³/mol. The van der Waals surface area contributed by atoms with Crippen molar-refractivity contribution in [3.05, 3.63) is 53.0 Å². The number of hydrogen-bond donors (Lipinski definition) is 2. The molecule has 0 saturated heterocycles. The standard InChI is InChI=1S/C15H15BrN2OS/c1-20-14-9-5-4-8-13(14)17-10-15(19)18-12-7-3-2-6-11(12)16/h2-9,17H,10H2,1H3,(H,18,19). The van der Waals surface area contributed by atoms with Crippen LogP contribution in [0.2, 0.25) is 0 Å². The molecule has 0 aliphatic heterocycles. The number of thioether (sulfide) groups is 1. The number of anilines is 2. The molecular formula is C15H15BrN2OS. The van der Waals surface area contributed by atoms with Gasteiger partial charge in [-0.25, -0.2) is 0 Å². The van der Waals surface area contributed by atoms with E-state index in [0.717, 1.165) is 20.7 Å². The van der Waals surface area contributed by atoms with E-state index in [1.54, 1.807) is 11.8 Å². The van der Waals surface area contributed by atoms with E-state index < -0.39 is 0 Å². The molecule has 1 amide bonds. The molecular weight excluding hydrogens is 336 g/mol. The van der Waals surface area contributed by atoms with Crippen molar-refractivity contribution >= 4 is 45.0 Å². The summed E-state index contributed by atoms with van der Waals surface area (Å²) in [6, 6.07) is 15.5. The van der Waals surface area contributed by atoms with Crippen molar-refractivity contribution in [2.45, 2.75) is 4.90 Å². The monoisotopic (exact) mass is 350 g/mol. The van der Waals surface area contributed by atoms with E-state index in [2.05, 4.69) is 26.6 Å². The highest BCUT2D eigenvalue weighted by molar-refractivity contribution is 9.10. The molecule has 0 spiro atoms. The molecule has 0 saturated carbocycles. The lowest BCUT2D eigenvalue weighted by atomic mass is 10.3. The number of amides is 1. The van der Waals surface area contributed by atoms with Crippen molar-refractivity contribution in [1.29, 1.82) is 0 Å². The second-order valence-corrected chi connectivity index (χ2v) is 5.78. The summed E-state index contributed by atoms with van der Waals surface area (Å²) >= 11 is 5.06. The van der Waals surface area contributed by atoms with Gasteiger partial charge in [0.05, 0.1) is 12.2 Å². The van der Waals surface area contributed by atoms with Gasteiger partial charge in [0, 0.05) is 15.1 Å². The van der Waals surface area contributed by atoms with E-state index in [9.17, 15) is 4.79 Å². The molecule has 2 aromatic rings. The number of carbonyl (C=O) groups excluding carboxylic acids is 1. The van der Waals surface area contributed by atoms with Crippen LogP contribution >= 0.6 is 27.7 Å². The lowest BCUT2D eigenvalue weighted by Crippen LogP contribution is -2.22.